The third-order valence-electron chi connectivity index (χ3n) is 4.54. The molecular weight excluding hydrogens is 343 g/mol. The van der Waals surface area contributed by atoms with Gasteiger partial charge in [-0.05, 0) is 39.0 Å². The van der Waals surface area contributed by atoms with Crippen LogP contribution in [0.4, 0.5) is 0 Å². The highest BCUT2D eigenvalue weighted by Gasteiger charge is 2.59. The van der Waals surface area contributed by atoms with Gasteiger partial charge in [0.05, 0.1) is 23.7 Å². The molecule has 0 spiro atoms. The number of carbonyl (C=O) groups excluding carboxylic acids is 1. The van der Waals surface area contributed by atoms with Gasteiger partial charge in [-0.1, -0.05) is 35.9 Å². The summed E-state index contributed by atoms with van der Waals surface area (Å²) in [5.41, 5.74) is -0.311. The maximum Gasteiger partial charge on any atom is 0.314 e. The van der Waals surface area contributed by atoms with Crippen molar-refractivity contribution in [2.45, 2.75) is 64.1 Å². The Labute approximate surface area is 123 Å². The zero-order chi connectivity index (χ0) is 13.2. The molecule has 4 heteroatoms. The molecule has 0 N–H and O–H groups in total. The molecule has 0 aromatic rings. The van der Waals surface area contributed by atoms with E-state index in [9.17, 15) is 4.79 Å². The van der Waals surface area contributed by atoms with E-state index in [4.69, 9.17) is 9.47 Å². The quantitative estimate of drug-likeness (QED) is 0.425. The van der Waals surface area contributed by atoms with Crippen LogP contribution in [0.25, 0.3) is 0 Å². The zero-order valence-electron chi connectivity index (χ0n) is 11.3. The lowest BCUT2D eigenvalue weighted by Crippen LogP contribution is -2.60. The summed E-state index contributed by atoms with van der Waals surface area (Å²) in [7, 11) is 0. The van der Waals surface area contributed by atoms with Gasteiger partial charge < -0.3 is 9.47 Å². The normalized spacial score (nSPS) is 38.7. The van der Waals surface area contributed by atoms with E-state index in [-0.39, 0.29) is 23.1 Å². The van der Waals surface area contributed by atoms with Crippen LogP contribution in [0.5, 0.6) is 0 Å². The van der Waals surface area contributed by atoms with E-state index in [0.29, 0.717) is 6.61 Å². The van der Waals surface area contributed by atoms with Crippen molar-refractivity contribution >= 4 is 28.6 Å². The van der Waals surface area contributed by atoms with Crippen molar-refractivity contribution in [3.05, 3.63) is 0 Å². The molecule has 1 saturated carbocycles. The predicted molar refractivity (Wildman–Crippen MR) is 78.9 cm³/mol. The Morgan fingerprint density at radius 1 is 1.33 bits per heavy atom. The molecule has 2 heterocycles. The number of esters is 1. The molecule has 0 radical (unpaired) electrons. The number of ether oxygens (including phenoxy) is 2. The Balaban J connectivity index is 2.21. The molecule has 104 valence electrons. The lowest BCUT2D eigenvalue weighted by molar-refractivity contribution is -0.233. The van der Waals surface area contributed by atoms with Crippen LogP contribution in [0.3, 0.4) is 0 Å². The highest BCUT2D eigenvalue weighted by Crippen LogP contribution is 2.54. The van der Waals surface area contributed by atoms with Gasteiger partial charge in [0.25, 0.3) is 0 Å². The summed E-state index contributed by atoms with van der Waals surface area (Å²) >= 11 is 2.42. The van der Waals surface area contributed by atoms with Crippen LogP contribution in [0.2, 0.25) is 0 Å². The van der Waals surface area contributed by atoms with Gasteiger partial charge in [0, 0.05) is 4.43 Å². The molecule has 0 amide bonds. The Morgan fingerprint density at radius 2 is 2.00 bits per heavy atom. The summed E-state index contributed by atoms with van der Waals surface area (Å²) < 4.78 is 12.7. The fourth-order valence-corrected chi connectivity index (χ4v) is 4.32. The topological polar surface area (TPSA) is 35.5 Å². The lowest BCUT2D eigenvalue weighted by Gasteiger charge is -2.55. The van der Waals surface area contributed by atoms with E-state index in [0.717, 1.165) is 43.0 Å². The molecule has 1 atom stereocenters. The number of halogens is 1. The molecule has 3 rings (SSSR count). The fourth-order valence-electron chi connectivity index (χ4n) is 3.38. The van der Waals surface area contributed by atoms with Crippen LogP contribution < -0.4 is 0 Å². The van der Waals surface area contributed by atoms with E-state index < -0.39 is 0 Å². The number of alkyl halides is 1. The smallest absolute Gasteiger partial charge is 0.314 e. The maximum atomic E-state index is 12.3. The average Bonchev–Trinajstić information content (AvgIpc) is 2.41. The van der Waals surface area contributed by atoms with Gasteiger partial charge in [-0.3, -0.25) is 4.79 Å². The van der Waals surface area contributed by atoms with Crippen LogP contribution >= 0.6 is 22.6 Å². The molecule has 0 aromatic heterocycles. The summed E-state index contributed by atoms with van der Waals surface area (Å²) in [5.74, 6) is -0.0230. The number of rotatable bonds is 5. The largest absolute Gasteiger partial charge is 0.465 e. The molecule has 3 nitrogen and oxygen atoms in total. The summed E-state index contributed by atoms with van der Waals surface area (Å²) in [6.07, 6.45) is 6.00. The fraction of sp³-hybridized carbons (Fsp3) is 0.929. The van der Waals surface area contributed by atoms with E-state index >= 15 is 0 Å². The lowest BCUT2D eigenvalue weighted by atomic mass is 9.62. The van der Waals surface area contributed by atoms with E-state index in [2.05, 4.69) is 29.5 Å². The second-order valence-electron chi connectivity index (χ2n) is 5.59. The Hall–Kier alpha value is 0.160. The van der Waals surface area contributed by atoms with Crippen LogP contribution in [-0.4, -0.2) is 28.7 Å². The van der Waals surface area contributed by atoms with Crippen LogP contribution in [0.1, 0.15) is 52.4 Å². The second-order valence-corrected chi connectivity index (χ2v) is 6.35. The molecule has 2 aliphatic heterocycles. The van der Waals surface area contributed by atoms with E-state index in [1.54, 1.807) is 0 Å². The van der Waals surface area contributed by atoms with Gasteiger partial charge in [0.2, 0.25) is 0 Å². The summed E-state index contributed by atoms with van der Waals surface area (Å²) in [5, 5.41) is 0. The van der Waals surface area contributed by atoms with Crippen molar-refractivity contribution in [2.24, 2.45) is 5.41 Å². The number of carbonyl (C=O) groups is 1. The molecule has 3 aliphatic rings. The first-order chi connectivity index (χ1) is 8.62. The van der Waals surface area contributed by atoms with E-state index in [1.165, 1.54) is 0 Å². The van der Waals surface area contributed by atoms with Crippen LogP contribution in [-0.2, 0) is 14.3 Å². The number of hydrogen-bond acceptors (Lipinski definition) is 3. The Bertz CT molecular complexity index is 308. The van der Waals surface area contributed by atoms with E-state index in [1.807, 2.05) is 6.92 Å². The molecule has 2 bridgehead atoms. The molecule has 0 aromatic carbocycles. The standard InChI is InChI=1S/C14H23IO3/c1-3-5-11-14(12(16)17-4-2)8-6-13(10-15,18-11)7-9-14/h11H,3-10H2,1-2H3. The molecule has 1 aliphatic carbocycles. The average molecular weight is 366 g/mol. The molecule has 18 heavy (non-hydrogen) atoms. The minimum atomic E-state index is -0.348. The predicted octanol–water partition coefficient (Wildman–Crippen LogP) is 3.48. The van der Waals surface area contributed by atoms with Crippen molar-refractivity contribution in [1.29, 1.82) is 0 Å². The van der Waals surface area contributed by atoms with Crippen molar-refractivity contribution in [3.8, 4) is 0 Å². The molecule has 1 unspecified atom stereocenters. The van der Waals surface area contributed by atoms with Gasteiger partial charge in [-0.15, -0.1) is 0 Å². The zero-order valence-corrected chi connectivity index (χ0v) is 13.5. The molecule has 3 fully saturated rings. The van der Waals surface area contributed by atoms with Crippen molar-refractivity contribution in [2.75, 3.05) is 11.0 Å². The number of hydrogen-bond donors (Lipinski definition) is 0. The monoisotopic (exact) mass is 366 g/mol. The van der Waals surface area contributed by atoms with Crippen LogP contribution in [0, 0.1) is 5.41 Å². The molecular formula is C14H23IO3. The van der Waals surface area contributed by atoms with Crippen molar-refractivity contribution in [3.63, 3.8) is 0 Å². The van der Waals surface area contributed by atoms with Gasteiger partial charge in [-0.2, -0.15) is 0 Å². The summed E-state index contributed by atoms with van der Waals surface area (Å²) in [6, 6.07) is 0. The Kier molecular flexibility index (Phi) is 4.57. The minimum absolute atomic E-state index is 0.0230. The minimum Gasteiger partial charge on any atom is -0.465 e. The molecule has 2 saturated heterocycles. The van der Waals surface area contributed by atoms with Crippen molar-refractivity contribution < 1.29 is 14.3 Å². The Morgan fingerprint density at radius 3 is 2.50 bits per heavy atom. The first-order valence-corrected chi connectivity index (χ1v) is 8.56. The van der Waals surface area contributed by atoms with Gasteiger partial charge in [-0.25, -0.2) is 0 Å². The third kappa shape index (κ3) is 2.30. The highest BCUT2D eigenvalue weighted by molar-refractivity contribution is 14.1. The summed E-state index contributed by atoms with van der Waals surface area (Å²) in [4.78, 5) is 12.3. The van der Waals surface area contributed by atoms with Crippen molar-refractivity contribution in [1.82, 2.24) is 0 Å². The van der Waals surface area contributed by atoms with Gasteiger partial charge >= 0.3 is 5.97 Å². The third-order valence-corrected chi connectivity index (χ3v) is 5.93. The maximum absolute atomic E-state index is 12.3. The van der Waals surface area contributed by atoms with Gasteiger partial charge in [0.1, 0.15) is 0 Å². The van der Waals surface area contributed by atoms with Crippen LogP contribution in [0.15, 0.2) is 0 Å². The first-order valence-electron chi connectivity index (χ1n) is 7.03. The summed E-state index contributed by atoms with van der Waals surface area (Å²) in [6.45, 7) is 4.50. The van der Waals surface area contributed by atoms with Gasteiger partial charge in [0.15, 0.2) is 0 Å². The second kappa shape index (κ2) is 5.65. The SMILES string of the molecule is CCCC1OC2(CI)CCC1(C(=O)OCC)CC2. The number of fused-ring (bicyclic) bond motifs is 3. The first kappa shape index (κ1) is 14.6. The highest BCUT2D eigenvalue weighted by atomic mass is 127.